The molecule has 0 radical (unpaired) electrons. The zero-order valence-electron chi connectivity index (χ0n) is 17.7. The van der Waals surface area contributed by atoms with Crippen molar-refractivity contribution in [3.05, 3.63) is 71.8 Å². The third-order valence-corrected chi connectivity index (χ3v) is 6.19. The summed E-state index contributed by atoms with van der Waals surface area (Å²) in [6.07, 6.45) is 0.105. The number of amides is 4. The maximum absolute atomic E-state index is 12.9. The van der Waals surface area contributed by atoms with E-state index in [0.717, 1.165) is 13.1 Å². The lowest BCUT2D eigenvalue weighted by Gasteiger charge is -2.40. The van der Waals surface area contributed by atoms with Gasteiger partial charge in [-0.2, -0.15) is 0 Å². The predicted molar refractivity (Wildman–Crippen MR) is 117 cm³/mol. The van der Waals surface area contributed by atoms with E-state index in [1.807, 2.05) is 17.0 Å². The van der Waals surface area contributed by atoms with Crippen molar-refractivity contribution in [1.82, 2.24) is 20.4 Å². The molecule has 4 amide bonds. The van der Waals surface area contributed by atoms with Gasteiger partial charge in [0.25, 0.3) is 0 Å². The summed E-state index contributed by atoms with van der Waals surface area (Å²) in [7, 11) is 0. The van der Waals surface area contributed by atoms with Crippen molar-refractivity contribution in [2.24, 2.45) is 5.92 Å². The van der Waals surface area contributed by atoms with Gasteiger partial charge >= 0.3 is 6.03 Å². The fourth-order valence-corrected chi connectivity index (χ4v) is 4.48. The third kappa shape index (κ3) is 4.77. The van der Waals surface area contributed by atoms with Crippen LogP contribution in [0.4, 0.5) is 4.79 Å². The molecule has 2 heterocycles. The number of hydrogen-bond donors (Lipinski definition) is 2. The highest BCUT2D eigenvalue weighted by molar-refractivity contribution is 6.00. The lowest BCUT2D eigenvalue weighted by molar-refractivity contribution is -0.138. The normalized spacial score (nSPS) is 22.2. The van der Waals surface area contributed by atoms with E-state index in [2.05, 4.69) is 64.1 Å². The summed E-state index contributed by atoms with van der Waals surface area (Å²) < 4.78 is 0. The summed E-state index contributed by atoms with van der Waals surface area (Å²) in [5.41, 5.74) is 2.47. The molecule has 0 aromatic heterocycles. The molecule has 162 valence electrons. The minimum Gasteiger partial charge on any atom is -0.340 e. The highest BCUT2D eigenvalue weighted by atomic mass is 16.2. The molecule has 2 saturated heterocycles. The van der Waals surface area contributed by atoms with E-state index in [9.17, 15) is 14.4 Å². The molecular weight excluding hydrogens is 392 g/mol. The second kappa shape index (κ2) is 9.31. The average Bonchev–Trinajstić information content (AvgIpc) is 2.78. The molecule has 2 aromatic carbocycles. The second-order valence-corrected chi connectivity index (χ2v) is 8.20. The van der Waals surface area contributed by atoms with Gasteiger partial charge in [-0.15, -0.1) is 0 Å². The van der Waals surface area contributed by atoms with Crippen LogP contribution >= 0.6 is 0 Å². The van der Waals surface area contributed by atoms with E-state index in [0.29, 0.717) is 13.1 Å². The first-order valence-corrected chi connectivity index (χ1v) is 10.8. The Balaban J connectivity index is 1.41. The Kier molecular flexibility index (Phi) is 6.32. The van der Waals surface area contributed by atoms with Crippen molar-refractivity contribution >= 4 is 17.8 Å². The number of nitrogens with one attached hydrogen (secondary N) is 2. The Hall–Kier alpha value is -3.19. The molecule has 7 nitrogen and oxygen atoms in total. The molecule has 0 bridgehead atoms. The Morgan fingerprint density at radius 2 is 1.48 bits per heavy atom. The van der Waals surface area contributed by atoms with Crippen molar-refractivity contribution in [2.75, 3.05) is 26.2 Å². The van der Waals surface area contributed by atoms with Crippen LogP contribution < -0.4 is 10.6 Å². The van der Waals surface area contributed by atoms with Gasteiger partial charge in [0.2, 0.25) is 11.8 Å². The Bertz CT molecular complexity index is 887. The molecule has 0 aliphatic carbocycles. The molecule has 0 saturated carbocycles. The first-order chi connectivity index (χ1) is 15.0. The fraction of sp³-hybridized carbons (Fsp3) is 0.375. The highest BCUT2D eigenvalue weighted by Crippen LogP contribution is 2.29. The van der Waals surface area contributed by atoms with Crippen LogP contribution in [0.2, 0.25) is 0 Å². The van der Waals surface area contributed by atoms with Crippen LogP contribution in [0.25, 0.3) is 0 Å². The standard InChI is InChI=1S/C24H28N4O3/c1-17-20(23(30)26-24(31)25-17)16-21(29)27-12-14-28(15-13-27)22(18-8-4-2-5-9-18)19-10-6-3-7-11-19/h2-11,17,20,22H,12-16H2,1H3,(H2,25,26,30,31). The van der Waals surface area contributed by atoms with Gasteiger partial charge < -0.3 is 10.2 Å². The predicted octanol–water partition coefficient (Wildman–Crippen LogP) is 2.15. The molecule has 2 fully saturated rings. The SMILES string of the molecule is CC1NC(=O)NC(=O)C1CC(=O)N1CCN(C(c2ccccc2)c2ccccc2)CC1. The summed E-state index contributed by atoms with van der Waals surface area (Å²) >= 11 is 0. The third-order valence-electron chi connectivity index (χ3n) is 6.19. The Morgan fingerprint density at radius 3 is 2.00 bits per heavy atom. The maximum Gasteiger partial charge on any atom is 0.321 e. The lowest BCUT2D eigenvalue weighted by atomic mass is 9.93. The van der Waals surface area contributed by atoms with Gasteiger partial charge in [-0.25, -0.2) is 4.79 Å². The van der Waals surface area contributed by atoms with Gasteiger partial charge in [0.1, 0.15) is 0 Å². The van der Waals surface area contributed by atoms with Gasteiger partial charge in [-0.1, -0.05) is 60.7 Å². The number of urea groups is 1. The molecule has 2 N–H and O–H groups in total. The zero-order valence-corrected chi connectivity index (χ0v) is 17.7. The van der Waals surface area contributed by atoms with Gasteiger partial charge in [0.15, 0.2) is 0 Å². The number of piperazine rings is 1. The Morgan fingerprint density at radius 1 is 0.935 bits per heavy atom. The first kappa shape index (κ1) is 21.1. The number of hydrogen-bond acceptors (Lipinski definition) is 4. The summed E-state index contributed by atoms with van der Waals surface area (Å²) in [4.78, 5) is 40.7. The van der Waals surface area contributed by atoms with E-state index >= 15 is 0 Å². The van der Waals surface area contributed by atoms with Crippen molar-refractivity contribution in [3.8, 4) is 0 Å². The number of rotatable bonds is 5. The number of carbonyl (C=O) groups excluding carboxylic acids is 3. The number of nitrogens with zero attached hydrogens (tertiary/aromatic N) is 2. The molecule has 2 aromatic rings. The summed E-state index contributed by atoms with van der Waals surface area (Å²) in [6.45, 7) is 4.50. The van der Waals surface area contributed by atoms with Crippen molar-refractivity contribution < 1.29 is 14.4 Å². The van der Waals surface area contributed by atoms with Crippen LogP contribution in [0, 0.1) is 5.92 Å². The molecule has 31 heavy (non-hydrogen) atoms. The highest BCUT2D eigenvalue weighted by Gasteiger charge is 2.36. The molecule has 2 unspecified atom stereocenters. The van der Waals surface area contributed by atoms with Crippen LogP contribution in [0.1, 0.15) is 30.5 Å². The number of benzene rings is 2. The fourth-order valence-electron chi connectivity index (χ4n) is 4.48. The van der Waals surface area contributed by atoms with E-state index in [1.54, 1.807) is 6.92 Å². The molecule has 7 heteroatoms. The largest absolute Gasteiger partial charge is 0.340 e. The van der Waals surface area contributed by atoms with Gasteiger partial charge in [0, 0.05) is 38.6 Å². The molecular formula is C24H28N4O3. The summed E-state index contributed by atoms with van der Waals surface area (Å²) in [6, 6.07) is 20.1. The van der Waals surface area contributed by atoms with E-state index < -0.39 is 11.9 Å². The molecule has 2 atom stereocenters. The number of carbonyl (C=O) groups is 3. The van der Waals surface area contributed by atoms with Gasteiger partial charge in [0.05, 0.1) is 12.0 Å². The van der Waals surface area contributed by atoms with Crippen molar-refractivity contribution in [1.29, 1.82) is 0 Å². The van der Waals surface area contributed by atoms with Crippen LogP contribution in [0.15, 0.2) is 60.7 Å². The molecule has 0 spiro atoms. The first-order valence-electron chi connectivity index (χ1n) is 10.8. The Labute approximate surface area is 182 Å². The van der Waals surface area contributed by atoms with Crippen LogP contribution in [0.3, 0.4) is 0 Å². The molecule has 2 aliphatic rings. The monoisotopic (exact) mass is 420 g/mol. The van der Waals surface area contributed by atoms with Crippen molar-refractivity contribution in [2.45, 2.75) is 25.4 Å². The average molecular weight is 421 g/mol. The summed E-state index contributed by atoms with van der Waals surface area (Å²) in [5, 5.41) is 4.93. The van der Waals surface area contributed by atoms with E-state index in [4.69, 9.17) is 0 Å². The maximum atomic E-state index is 12.9. The van der Waals surface area contributed by atoms with Crippen LogP contribution in [-0.2, 0) is 9.59 Å². The van der Waals surface area contributed by atoms with E-state index in [1.165, 1.54) is 11.1 Å². The van der Waals surface area contributed by atoms with Gasteiger partial charge in [-0.05, 0) is 18.1 Å². The van der Waals surface area contributed by atoms with Crippen LogP contribution in [-0.4, -0.2) is 59.9 Å². The molecule has 4 rings (SSSR count). The van der Waals surface area contributed by atoms with Crippen molar-refractivity contribution in [3.63, 3.8) is 0 Å². The van der Waals surface area contributed by atoms with E-state index in [-0.39, 0.29) is 30.3 Å². The van der Waals surface area contributed by atoms with Crippen LogP contribution in [0.5, 0.6) is 0 Å². The summed E-state index contributed by atoms with van der Waals surface area (Å²) in [5.74, 6) is -0.958. The van der Waals surface area contributed by atoms with Gasteiger partial charge in [-0.3, -0.25) is 19.8 Å². The smallest absolute Gasteiger partial charge is 0.321 e. The molecule has 2 aliphatic heterocycles. The minimum atomic E-state index is -0.537. The number of imide groups is 1. The minimum absolute atomic E-state index is 0.0428. The quantitative estimate of drug-likeness (QED) is 0.777. The lowest BCUT2D eigenvalue weighted by Crippen LogP contribution is -2.58. The zero-order chi connectivity index (χ0) is 21.8. The second-order valence-electron chi connectivity index (χ2n) is 8.20. The topological polar surface area (TPSA) is 81.8 Å².